The van der Waals surface area contributed by atoms with Gasteiger partial charge in [0.1, 0.15) is 10.7 Å². The predicted octanol–water partition coefficient (Wildman–Crippen LogP) is 2.78. The van der Waals surface area contributed by atoms with Crippen molar-refractivity contribution in [2.45, 2.75) is 31.6 Å². The molecule has 4 nitrogen and oxygen atoms in total. The van der Waals surface area contributed by atoms with Gasteiger partial charge in [-0.25, -0.2) is 17.5 Å². The Balaban J connectivity index is 2.98. The molecule has 3 N–H and O–H groups in total. The minimum absolute atomic E-state index is 0.177. The van der Waals surface area contributed by atoms with Gasteiger partial charge in [0.05, 0.1) is 10.7 Å². The monoisotopic (exact) mass is 308 g/mol. The normalized spacial score (nSPS) is 12.1. The molecule has 0 aliphatic carbocycles. The third kappa shape index (κ3) is 4.06. The summed E-state index contributed by atoms with van der Waals surface area (Å²) in [5.74, 6) is -0.477. The van der Waals surface area contributed by atoms with Gasteiger partial charge in [0.2, 0.25) is 10.0 Å². The van der Waals surface area contributed by atoms with E-state index < -0.39 is 15.8 Å². The van der Waals surface area contributed by atoms with Crippen LogP contribution in [0, 0.1) is 11.7 Å². The number of benzene rings is 1. The molecule has 108 valence electrons. The van der Waals surface area contributed by atoms with Crippen LogP contribution in [0.3, 0.4) is 0 Å². The number of nitrogen functional groups attached to an aromatic ring is 1. The van der Waals surface area contributed by atoms with Crippen molar-refractivity contribution in [3.05, 3.63) is 23.0 Å². The highest BCUT2D eigenvalue weighted by molar-refractivity contribution is 7.89. The number of hydrogen-bond acceptors (Lipinski definition) is 3. The molecule has 1 aromatic carbocycles. The molecule has 0 aliphatic heterocycles. The van der Waals surface area contributed by atoms with Crippen molar-refractivity contribution in [1.29, 1.82) is 0 Å². The maximum atomic E-state index is 13.1. The molecule has 0 fully saturated rings. The standard InChI is InChI=1S/C12H18ClFN2O2S/c1-3-8(4-2)7-16-19(17,18)12-6-11(15)10(14)5-9(12)13/h5-6,8,16H,3-4,7,15H2,1-2H3. The number of hydrogen-bond donors (Lipinski definition) is 2. The highest BCUT2D eigenvalue weighted by Gasteiger charge is 2.20. The number of rotatable bonds is 6. The van der Waals surface area contributed by atoms with Gasteiger partial charge in [-0.15, -0.1) is 0 Å². The van der Waals surface area contributed by atoms with Crippen LogP contribution in [0.1, 0.15) is 26.7 Å². The molecule has 0 saturated carbocycles. The summed E-state index contributed by atoms with van der Waals surface area (Å²) in [4.78, 5) is -0.195. The van der Waals surface area contributed by atoms with Crippen molar-refractivity contribution in [2.75, 3.05) is 12.3 Å². The van der Waals surface area contributed by atoms with Gasteiger partial charge in [0, 0.05) is 6.54 Å². The largest absolute Gasteiger partial charge is 0.396 e. The van der Waals surface area contributed by atoms with Crippen LogP contribution in [0.4, 0.5) is 10.1 Å². The maximum absolute atomic E-state index is 13.1. The first-order chi connectivity index (χ1) is 8.81. The summed E-state index contributed by atoms with van der Waals surface area (Å²) >= 11 is 5.75. The Bertz CT molecular complexity index is 545. The van der Waals surface area contributed by atoms with Gasteiger partial charge >= 0.3 is 0 Å². The lowest BCUT2D eigenvalue weighted by Gasteiger charge is -2.14. The Morgan fingerprint density at radius 2 is 1.95 bits per heavy atom. The fourth-order valence-electron chi connectivity index (χ4n) is 1.63. The zero-order chi connectivity index (χ0) is 14.6. The molecule has 0 aliphatic rings. The smallest absolute Gasteiger partial charge is 0.242 e. The molecule has 0 unspecified atom stereocenters. The van der Waals surface area contributed by atoms with Gasteiger partial charge in [-0.1, -0.05) is 38.3 Å². The molecule has 1 aromatic rings. The first-order valence-corrected chi connectivity index (χ1v) is 7.92. The number of nitrogens with one attached hydrogen (secondary N) is 1. The summed E-state index contributed by atoms with van der Waals surface area (Å²) in [6.45, 7) is 4.31. The van der Waals surface area contributed by atoms with E-state index in [1.807, 2.05) is 13.8 Å². The first-order valence-electron chi connectivity index (χ1n) is 6.06. The Labute approximate surface area is 118 Å². The van der Waals surface area contributed by atoms with Crippen LogP contribution in [0.25, 0.3) is 0 Å². The fraction of sp³-hybridized carbons (Fsp3) is 0.500. The second kappa shape index (κ2) is 6.54. The molecular weight excluding hydrogens is 291 g/mol. The van der Waals surface area contributed by atoms with E-state index in [0.29, 0.717) is 6.54 Å². The van der Waals surface area contributed by atoms with Crippen molar-refractivity contribution in [3.8, 4) is 0 Å². The first kappa shape index (κ1) is 16.2. The molecule has 0 spiro atoms. The Kier molecular flexibility index (Phi) is 5.58. The highest BCUT2D eigenvalue weighted by Crippen LogP contribution is 2.26. The van der Waals surface area contributed by atoms with Crippen LogP contribution in [0.5, 0.6) is 0 Å². The van der Waals surface area contributed by atoms with E-state index >= 15 is 0 Å². The predicted molar refractivity (Wildman–Crippen MR) is 75.1 cm³/mol. The second-order valence-electron chi connectivity index (χ2n) is 4.34. The molecule has 0 aromatic heterocycles. The fourth-order valence-corrected chi connectivity index (χ4v) is 3.30. The molecule has 0 bridgehead atoms. The van der Waals surface area contributed by atoms with Crippen molar-refractivity contribution >= 4 is 27.3 Å². The van der Waals surface area contributed by atoms with E-state index in [0.717, 1.165) is 25.0 Å². The summed E-state index contributed by atoms with van der Waals surface area (Å²) in [5, 5.41) is -0.177. The second-order valence-corrected chi connectivity index (χ2v) is 6.48. The van der Waals surface area contributed by atoms with Gasteiger partial charge in [0.25, 0.3) is 0 Å². The van der Waals surface area contributed by atoms with Crippen molar-refractivity contribution in [2.24, 2.45) is 5.92 Å². The lowest BCUT2D eigenvalue weighted by molar-refractivity contribution is 0.479. The summed E-state index contributed by atoms with van der Waals surface area (Å²) in [7, 11) is -3.77. The maximum Gasteiger partial charge on any atom is 0.242 e. The van der Waals surface area contributed by atoms with E-state index in [1.54, 1.807) is 0 Å². The number of halogens is 2. The zero-order valence-electron chi connectivity index (χ0n) is 10.9. The molecule has 0 amide bonds. The summed E-state index contributed by atoms with van der Waals surface area (Å²) in [6.07, 6.45) is 1.75. The van der Waals surface area contributed by atoms with Crippen LogP contribution < -0.4 is 10.5 Å². The summed E-state index contributed by atoms with van der Waals surface area (Å²) in [5.41, 5.74) is 5.13. The minimum Gasteiger partial charge on any atom is -0.396 e. The lowest BCUT2D eigenvalue weighted by Crippen LogP contribution is -2.29. The Hall–Kier alpha value is -0.850. The lowest BCUT2D eigenvalue weighted by atomic mass is 10.0. The van der Waals surface area contributed by atoms with E-state index in [1.165, 1.54) is 0 Å². The number of sulfonamides is 1. The minimum atomic E-state index is -3.77. The average molecular weight is 309 g/mol. The third-order valence-electron chi connectivity index (χ3n) is 3.06. The van der Waals surface area contributed by atoms with E-state index in [2.05, 4.69) is 4.72 Å². The molecule has 0 heterocycles. The van der Waals surface area contributed by atoms with Gasteiger partial charge in [-0.3, -0.25) is 0 Å². The van der Waals surface area contributed by atoms with Crippen molar-refractivity contribution < 1.29 is 12.8 Å². The van der Waals surface area contributed by atoms with Crippen LogP contribution in [0.2, 0.25) is 5.02 Å². The molecule has 0 atom stereocenters. The average Bonchev–Trinajstić information content (AvgIpc) is 2.34. The Morgan fingerprint density at radius 3 is 2.47 bits per heavy atom. The molecule has 19 heavy (non-hydrogen) atoms. The van der Waals surface area contributed by atoms with Crippen LogP contribution in [-0.2, 0) is 10.0 Å². The van der Waals surface area contributed by atoms with E-state index in [9.17, 15) is 12.8 Å². The quantitative estimate of drug-likeness (QED) is 0.794. The number of anilines is 1. The van der Waals surface area contributed by atoms with Gasteiger partial charge < -0.3 is 5.73 Å². The van der Waals surface area contributed by atoms with Crippen molar-refractivity contribution in [3.63, 3.8) is 0 Å². The van der Waals surface area contributed by atoms with Crippen LogP contribution in [-0.4, -0.2) is 15.0 Å². The molecule has 0 saturated heterocycles. The summed E-state index contributed by atoms with van der Waals surface area (Å²) in [6, 6.07) is 1.94. The summed E-state index contributed by atoms with van der Waals surface area (Å²) < 4.78 is 39.8. The molecular formula is C12H18ClFN2O2S. The SMILES string of the molecule is CCC(CC)CNS(=O)(=O)c1cc(N)c(F)cc1Cl. The van der Waals surface area contributed by atoms with Crippen molar-refractivity contribution in [1.82, 2.24) is 4.72 Å². The van der Waals surface area contributed by atoms with Gasteiger partial charge in [-0.2, -0.15) is 0 Å². The van der Waals surface area contributed by atoms with Crippen LogP contribution >= 0.6 is 11.6 Å². The van der Waals surface area contributed by atoms with Gasteiger partial charge in [0.15, 0.2) is 0 Å². The van der Waals surface area contributed by atoms with E-state index in [4.69, 9.17) is 17.3 Å². The molecule has 7 heteroatoms. The Morgan fingerprint density at radius 1 is 1.37 bits per heavy atom. The zero-order valence-corrected chi connectivity index (χ0v) is 12.5. The number of nitrogens with two attached hydrogens (primary N) is 1. The van der Waals surface area contributed by atoms with Crippen LogP contribution in [0.15, 0.2) is 17.0 Å². The molecule has 0 radical (unpaired) electrons. The topological polar surface area (TPSA) is 72.2 Å². The van der Waals surface area contributed by atoms with Gasteiger partial charge in [-0.05, 0) is 18.1 Å². The third-order valence-corrected chi connectivity index (χ3v) is 4.95. The molecule has 1 rings (SSSR count). The van der Waals surface area contributed by atoms with E-state index in [-0.39, 0.29) is 21.5 Å². The highest BCUT2D eigenvalue weighted by atomic mass is 35.5.